The minimum absolute atomic E-state index is 0.158. The molecule has 2 aromatic carbocycles. The first-order chi connectivity index (χ1) is 18.2. The van der Waals surface area contributed by atoms with Gasteiger partial charge in [-0.3, -0.25) is 0 Å². The molecule has 1 fully saturated rings. The van der Waals surface area contributed by atoms with E-state index in [1.165, 1.54) is 44.6 Å². The van der Waals surface area contributed by atoms with E-state index in [1.54, 1.807) is 5.57 Å². The molecule has 5 rings (SSSR count). The minimum Gasteiger partial charge on any atom is -0.0995 e. The monoisotopic (exact) mass is 500 g/mol. The Bertz CT molecular complexity index is 1350. The van der Waals surface area contributed by atoms with E-state index in [2.05, 4.69) is 120 Å². The van der Waals surface area contributed by atoms with E-state index in [1.807, 2.05) is 0 Å². The summed E-state index contributed by atoms with van der Waals surface area (Å²) in [5.41, 5.74) is 12.8. The highest BCUT2D eigenvalue weighted by atomic mass is 14.5. The lowest BCUT2D eigenvalue weighted by atomic mass is 9.62. The van der Waals surface area contributed by atoms with Crippen molar-refractivity contribution in [3.05, 3.63) is 137 Å². The van der Waals surface area contributed by atoms with Crippen LogP contribution in [0.2, 0.25) is 0 Å². The molecule has 1 saturated carbocycles. The fraction of sp³-hybridized carbons (Fsp3) is 0.368. The highest BCUT2D eigenvalue weighted by Crippen LogP contribution is 2.57. The van der Waals surface area contributed by atoms with Gasteiger partial charge in [-0.25, -0.2) is 0 Å². The van der Waals surface area contributed by atoms with E-state index in [4.69, 9.17) is 6.58 Å². The molecule has 0 N–H and O–H groups in total. The van der Waals surface area contributed by atoms with E-state index < -0.39 is 0 Å². The van der Waals surface area contributed by atoms with Gasteiger partial charge in [0.25, 0.3) is 0 Å². The molecule has 0 heterocycles. The molecule has 4 unspecified atom stereocenters. The second-order valence-electron chi connectivity index (χ2n) is 12.8. The lowest BCUT2D eigenvalue weighted by Gasteiger charge is -2.41. The Labute approximate surface area is 231 Å². The first-order valence-corrected chi connectivity index (χ1v) is 14.5. The predicted octanol–water partition coefficient (Wildman–Crippen LogP) is 10.5. The van der Waals surface area contributed by atoms with Crippen molar-refractivity contribution in [1.29, 1.82) is 0 Å². The smallest absolute Gasteiger partial charge is 0.0123 e. The Morgan fingerprint density at radius 2 is 1.76 bits per heavy atom. The fourth-order valence-corrected chi connectivity index (χ4v) is 7.04. The molecular formula is C38H44. The Hall–Kier alpha value is -3.12. The van der Waals surface area contributed by atoms with Crippen LogP contribution in [-0.2, 0) is 5.41 Å². The van der Waals surface area contributed by atoms with Crippen molar-refractivity contribution in [3.8, 4) is 0 Å². The second kappa shape index (κ2) is 10.6. The van der Waals surface area contributed by atoms with E-state index in [-0.39, 0.29) is 5.41 Å². The van der Waals surface area contributed by atoms with Gasteiger partial charge < -0.3 is 0 Å². The molecule has 0 radical (unpaired) electrons. The maximum absolute atomic E-state index is 4.74. The zero-order valence-corrected chi connectivity index (χ0v) is 24.1. The van der Waals surface area contributed by atoms with Crippen LogP contribution in [0.25, 0.3) is 5.57 Å². The maximum Gasteiger partial charge on any atom is 0.0123 e. The highest BCUT2D eigenvalue weighted by Gasteiger charge is 2.45. The van der Waals surface area contributed by atoms with Crippen LogP contribution in [0.4, 0.5) is 0 Å². The molecule has 0 bridgehead atoms. The normalized spacial score (nSPS) is 26.2. The molecule has 0 spiro atoms. The van der Waals surface area contributed by atoms with Gasteiger partial charge in [-0.05, 0) is 75.5 Å². The zero-order valence-electron chi connectivity index (χ0n) is 24.1. The molecule has 0 aliphatic heterocycles. The third-order valence-corrected chi connectivity index (χ3v) is 8.95. The highest BCUT2D eigenvalue weighted by molar-refractivity contribution is 5.74. The summed E-state index contributed by atoms with van der Waals surface area (Å²) < 4.78 is 0. The van der Waals surface area contributed by atoms with Crippen LogP contribution in [0, 0.1) is 17.8 Å². The van der Waals surface area contributed by atoms with Crippen molar-refractivity contribution in [2.24, 2.45) is 17.8 Å². The summed E-state index contributed by atoms with van der Waals surface area (Å²) in [6.45, 7) is 20.9. The Balaban J connectivity index is 1.41. The van der Waals surface area contributed by atoms with Gasteiger partial charge in [0.2, 0.25) is 0 Å². The molecular weight excluding hydrogens is 456 g/mol. The van der Waals surface area contributed by atoms with Crippen LogP contribution in [0.3, 0.4) is 0 Å². The van der Waals surface area contributed by atoms with Crippen LogP contribution < -0.4 is 0 Å². The fourth-order valence-electron chi connectivity index (χ4n) is 7.04. The van der Waals surface area contributed by atoms with Crippen molar-refractivity contribution in [1.82, 2.24) is 0 Å². The van der Waals surface area contributed by atoms with Crippen molar-refractivity contribution in [2.45, 2.75) is 71.6 Å². The second-order valence-corrected chi connectivity index (χ2v) is 12.8. The number of fused-ring (bicyclic) bond motifs is 1. The van der Waals surface area contributed by atoms with Crippen molar-refractivity contribution in [3.63, 3.8) is 0 Å². The van der Waals surface area contributed by atoms with Crippen LogP contribution in [-0.4, -0.2) is 0 Å². The summed E-state index contributed by atoms with van der Waals surface area (Å²) >= 11 is 0. The van der Waals surface area contributed by atoms with Gasteiger partial charge in [-0.1, -0.05) is 144 Å². The Morgan fingerprint density at radius 3 is 2.47 bits per heavy atom. The summed E-state index contributed by atoms with van der Waals surface area (Å²) in [4.78, 5) is 0. The molecule has 0 heteroatoms. The van der Waals surface area contributed by atoms with E-state index in [0.29, 0.717) is 23.7 Å². The van der Waals surface area contributed by atoms with Crippen LogP contribution in [0.15, 0.2) is 120 Å². The number of rotatable bonds is 6. The van der Waals surface area contributed by atoms with E-state index in [0.717, 1.165) is 25.7 Å². The first kappa shape index (κ1) is 26.5. The van der Waals surface area contributed by atoms with Crippen LogP contribution in [0.5, 0.6) is 0 Å². The van der Waals surface area contributed by atoms with Crippen molar-refractivity contribution < 1.29 is 0 Å². The SMILES string of the molecule is C=C1/C(=C\C2=CC=C(c3cccc(C(C)(C)C)c3)C2)CC2=CC(C)C(C(=C)CCC)C(c3ccccc3)C12. The molecule has 0 nitrogen and oxygen atoms in total. The number of allylic oxidation sites excluding steroid dienone is 10. The molecule has 38 heavy (non-hydrogen) atoms. The minimum atomic E-state index is 0.158. The Morgan fingerprint density at radius 1 is 1.00 bits per heavy atom. The zero-order chi connectivity index (χ0) is 27.0. The lowest BCUT2D eigenvalue weighted by Crippen LogP contribution is -2.31. The number of hydrogen-bond donors (Lipinski definition) is 0. The molecule has 3 aliphatic rings. The third kappa shape index (κ3) is 5.11. The van der Waals surface area contributed by atoms with Crippen molar-refractivity contribution in [2.75, 3.05) is 0 Å². The molecule has 0 aromatic heterocycles. The first-order valence-electron chi connectivity index (χ1n) is 14.5. The summed E-state index contributed by atoms with van der Waals surface area (Å²) in [6, 6.07) is 20.2. The predicted molar refractivity (Wildman–Crippen MR) is 165 cm³/mol. The quantitative estimate of drug-likeness (QED) is 0.346. The van der Waals surface area contributed by atoms with Gasteiger partial charge in [-0.2, -0.15) is 0 Å². The van der Waals surface area contributed by atoms with Crippen molar-refractivity contribution >= 4 is 5.57 Å². The van der Waals surface area contributed by atoms with Gasteiger partial charge in [0.05, 0.1) is 0 Å². The molecule has 2 aromatic rings. The molecule has 4 atom stereocenters. The summed E-state index contributed by atoms with van der Waals surface area (Å²) in [7, 11) is 0. The Kier molecular flexibility index (Phi) is 7.36. The standard InChI is InChI=1S/C38H44/c1-8-13-25(2)35-26(3)20-33-23-32(27(4)36(33)37(35)29-14-10-9-11-15-29)22-28-18-19-31(21-28)30-16-12-17-34(24-30)38(5,6)7/h9-12,14-20,22,24,26,35-37H,2,4,8,13,21,23H2,1,3,5-7H3/b32-22-. The maximum atomic E-state index is 4.74. The van der Waals surface area contributed by atoms with E-state index >= 15 is 0 Å². The molecule has 0 amide bonds. The molecule has 3 aliphatic carbocycles. The summed E-state index contributed by atoms with van der Waals surface area (Å²) in [5, 5.41) is 0. The topological polar surface area (TPSA) is 0 Å². The largest absolute Gasteiger partial charge is 0.0995 e. The molecule has 196 valence electrons. The summed E-state index contributed by atoms with van der Waals surface area (Å²) in [5.74, 6) is 1.73. The lowest BCUT2D eigenvalue weighted by molar-refractivity contribution is 0.322. The van der Waals surface area contributed by atoms with E-state index in [9.17, 15) is 0 Å². The van der Waals surface area contributed by atoms with Gasteiger partial charge in [0.15, 0.2) is 0 Å². The number of benzene rings is 2. The van der Waals surface area contributed by atoms with Gasteiger partial charge in [-0.15, -0.1) is 0 Å². The van der Waals surface area contributed by atoms with Gasteiger partial charge in [0.1, 0.15) is 0 Å². The average Bonchev–Trinajstić information content (AvgIpc) is 3.48. The van der Waals surface area contributed by atoms with Gasteiger partial charge in [0, 0.05) is 11.8 Å². The summed E-state index contributed by atoms with van der Waals surface area (Å²) in [6.07, 6.45) is 13.9. The van der Waals surface area contributed by atoms with Gasteiger partial charge >= 0.3 is 0 Å². The van der Waals surface area contributed by atoms with Crippen LogP contribution >= 0.6 is 0 Å². The average molecular weight is 501 g/mol. The van der Waals surface area contributed by atoms with Crippen LogP contribution in [0.1, 0.15) is 82.9 Å². The molecule has 0 saturated heterocycles. The number of hydrogen-bond acceptors (Lipinski definition) is 0. The third-order valence-electron chi connectivity index (χ3n) is 8.95.